The Bertz CT molecular complexity index is 1050. The zero-order chi connectivity index (χ0) is 19.2. The summed E-state index contributed by atoms with van der Waals surface area (Å²) in [6.45, 7) is 0. The predicted molar refractivity (Wildman–Crippen MR) is 106 cm³/mol. The van der Waals surface area contributed by atoms with Gasteiger partial charge in [-0.05, 0) is 48.5 Å². The first-order valence-corrected chi connectivity index (χ1v) is 8.48. The zero-order valence-electron chi connectivity index (χ0n) is 14.7. The molecular weight excluding hydrogens is 356 g/mol. The first-order valence-electron chi connectivity index (χ1n) is 8.48. The van der Waals surface area contributed by atoms with Gasteiger partial charge in [0.1, 0.15) is 23.8 Å². The van der Waals surface area contributed by atoms with Crippen LogP contribution in [0.3, 0.4) is 0 Å². The fourth-order valence-electron chi connectivity index (χ4n) is 2.45. The molecule has 3 N–H and O–H groups in total. The van der Waals surface area contributed by atoms with E-state index in [-0.39, 0.29) is 11.7 Å². The molecule has 0 aliphatic heterocycles. The van der Waals surface area contributed by atoms with Crippen molar-refractivity contribution in [2.24, 2.45) is 0 Å². The second-order valence-electron chi connectivity index (χ2n) is 5.76. The minimum absolute atomic E-state index is 0.260. The highest BCUT2D eigenvalue weighted by molar-refractivity contribution is 6.02. The summed E-state index contributed by atoms with van der Waals surface area (Å²) >= 11 is 0. The number of carbonyl (C=O) groups excluding carboxylic acids is 1. The number of nitrogens with zero attached hydrogens (tertiary/aromatic N) is 3. The molecule has 0 atom stereocenters. The van der Waals surface area contributed by atoms with Crippen molar-refractivity contribution in [3.05, 3.63) is 85.2 Å². The Kier molecular flexibility index (Phi) is 4.92. The molecule has 0 bridgehead atoms. The van der Waals surface area contributed by atoms with Crippen molar-refractivity contribution >= 4 is 34.7 Å². The van der Waals surface area contributed by atoms with Crippen LogP contribution in [-0.2, 0) is 0 Å². The number of benzene rings is 1. The average molecular weight is 372 g/mol. The summed E-state index contributed by atoms with van der Waals surface area (Å²) in [6, 6.07) is 17.9. The fourth-order valence-corrected chi connectivity index (χ4v) is 2.45. The van der Waals surface area contributed by atoms with E-state index in [4.69, 9.17) is 4.42 Å². The first kappa shape index (κ1) is 17.2. The number of furan rings is 1. The molecule has 0 aliphatic rings. The molecule has 4 aromatic rings. The molecule has 8 nitrogen and oxygen atoms in total. The minimum atomic E-state index is -0.299. The Morgan fingerprint density at radius 2 is 1.57 bits per heavy atom. The summed E-state index contributed by atoms with van der Waals surface area (Å²) in [5.41, 5.74) is 1.48. The van der Waals surface area contributed by atoms with Crippen LogP contribution in [0.2, 0.25) is 0 Å². The highest BCUT2D eigenvalue weighted by Crippen LogP contribution is 2.20. The van der Waals surface area contributed by atoms with E-state index in [0.29, 0.717) is 23.1 Å². The van der Waals surface area contributed by atoms with Gasteiger partial charge in [0.15, 0.2) is 5.76 Å². The third kappa shape index (κ3) is 4.31. The van der Waals surface area contributed by atoms with Crippen molar-refractivity contribution < 1.29 is 9.21 Å². The van der Waals surface area contributed by atoms with E-state index in [9.17, 15) is 4.79 Å². The van der Waals surface area contributed by atoms with Crippen molar-refractivity contribution in [1.82, 2.24) is 15.0 Å². The lowest BCUT2D eigenvalue weighted by atomic mass is 10.2. The fraction of sp³-hybridized carbons (Fsp3) is 0. The van der Waals surface area contributed by atoms with Gasteiger partial charge < -0.3 is 20.4 Å². The molecule has 3 aromatic heterocycles. The lowest BCUT2D eigenvalue weighted by molar-refractivity contribution is 0.0996. The Labute approximate surface area is 160 Å². The number of nitrogens with one attached hydrogen (secondary N) is 3. The molecule has 138 valence electrons. The molecule has 1 amide bonds. The smallest absolute Gasteiger partial charge is 0.291 e. The van der Waals surface area contributed by atoms with Gasteiger partial charge in [0.05, 0.1) is 6.26 Å². The molecule has 1 aromatic carbocycles. The summed E-state index contributed by atoms with van der Waals surface area (Å²) in [5, 5.41) is 9.08. The van der Waals surface area contributed by atoms with E-state index in [1.807, 2.05) is 30.3 Å². The van der Waals surface area contributed by atoms with Crippen LogP contribution in [0.4, 0.5) is 28.8 Å². The monoisotopic (exact) mass is 372 g/mol. The molecule has 28 heavy (non-hydrogen) atoms. The third-order valence-corrected chi connectivity index (χ3v) is 3.75. The molecule has 0 fully saturated rings. The lowest BCUT2D eigenvalue weighted by Crippen LogP contribution is -2.10. The number of anilines is 5. The Hall–Kier alpha value is -4.20. The number of pyridine rings is 1. The van der Waals surface area contributed by atoms with E-state index in [1.54, 1.807) is 36.5 Å². The van der Waals surface area contributed by atoms with Gasteiger partial charge in [-0.2, -0.15) is 0 Å². The number of hydrogen-bond donors (Lipinski definition) is 3. The summed E-state index contributed by atoms with van der Waals surface area (Å²) in [7, 11) is 0. The van der Waals surface area contributed by atoms with E-state index in [2.05, 4.69) is 30.9 Å². The number of carbonyl (C=O) groups is 1. The zero-order valence-corrected chi connectivity index (χ0v) is 14.7. The van der Waals surface area contributed by atoms with Crippen LogP contribution in [0.1, 0.15) is 10.6 Å². The second kappa shape index (κ2) is 8.00. The van der Waals surface area contributed by atoms with Gasteiger partial charge in [0, 0.05) is 23.6 Å². The lowest BCUT2D eigenvalue weighted by Gasteiger charge is -2.09. The van der Waals surface area contributed by atoms with E-state index < -0.39 is 0 Å². The summed E-state index contributed by atoms with van der Waals surface area (Å²) < 4.78 is 5.08. The topological polar surface area (TPSA) is 105 Å². The molecule has 0 radical (unpaired) electrons. The number of aromatic nitrogens is 3. The maximum absolute atomic E-state index is 12.0. The van der Waals surface area contributed by atoms with Crippen molar-refractivity contribution in [3.8, 4) is 0 Å². The Morgan fingerprint density at radius 1 is 0.786 bits per heavy atom. The molecule has 0 saturated heterocycles. The minimum Gasteiger partial charge on any atom is -0.459 e. The van der Waals surface area contributed by atoms with Gasteiger partial charge in [-0.25, -0.2) is 15.0 Å². The van der Waals surface area contributed by atoms with Crippen molar-refractivity contribution in [2.45, 2.75) is 0 Å². The van der Waals surface area contributed by atoms with Crippen molar-refractivity contribution in [2.75, 3.05) is 16.0 Å². The molecule has 0 spiro atoms. The van der Waals surface area contributed by atoms with Gasteiger partial charge in [-0.15, -0.1) is 0 Å². The van der Waals surface area contributed by atoms with Crippen LogP contribution in [0.5, 0.6) is 0 Å². The van der Waals surface area contributed by atoms with E-state index in [0.717, 1.165) is 5.69 Å². The number of hydrogen-bond acceptors (Lipinski definition) is 7. The van der Waals surface area contributed by atoms with E-state index >= 15 is 0 Å². The van der Waals surface area contributed by atoms with Gasteiger partial charge >= 0.3 is 0 Å². The van der Waals surface area contributed by atoms with Crippen LogP contribution in [-0.4, -0.2) is 20.9 Å². The maximum Gasteiger partial charge on any atom is 0.291 e. The molecule has 8 heteroatoms. The third-order valence-electron chi connectivity index (χ3n) is 3.75. The van der Waals surface area contributed by atoms with Crippen molar-refractivity contribution in [3.63, 3.8) is 0 Å². The van der Waals surface area contributed by atoms with Crippen LogP contribution in [0.25, 0.3) is 0 Å². The van der Waals surface area contributed by atoms with Crippen LogP contribution in [0.15, 0.2) is 83.9 Å². The van der Waals surface area contributed by atoms with Gasteiger partial charge in [-0.3, -0.25) is 4.79 Å². The molecule has 0 saturated carbocycles. The normalized spacial score (nSPS) is 10.3. The van der Waals surface area contributed by atoms with Gasteiger partial charge in [0.25, 0.3) is 5.91 Å². The summed E-state index contributed by atoms with van der Waals surface area (Å²) in [6.07, 6.45) is 4.63. The Balaban J connectivity index is 1.40. The van der Waals surface area contributed by atoms with E-state index in [1.165, 1.54) is 12.6 Å². The molecular formula is C20H16N6O2. The van der Waals surface area contributed by atoms with Gasteiger partial charge in [-0.1, -0.05) is 6.07 Å². The highest BCUT2D eigenvalue weighted by Gasteiger charge is 2.08. The highest BCUT2D eigenvalue weighted by atomic mass is 16.3. The predicted octanol–water partition coefficient (Wildman–Crippen LogP) is 4.20. The summed E-state index contributed by atoms with van der Waals surface area (Å²) in [4.78, 5) is 24.6. The van der Waals surface area contributed by atoms with Crippen molar-refractivity contribution in [1.29, 1.82) is 0 Å². The van der Waals surface area contributed by atoms with Crippen LogP contribution in [0, 0.1) is 0 Å². The maximum atomic E-state index is 12.0. The molecule has 0 unspecified atom stereocenters. The number of amides is 1. The molecule has 0 aliphatic carbocycles. The summed E-state index contributed by atoms with van der Waals surface area (Å²) in [5.74, 6) is 1.91. The second-order valence-corrected chi connectivity index (χ2v) is 5.76. The quantitative estimate of drug-likeness (QED) is 0.466. The molecule has 4 rings (SSSR count). The largest absolute Gasteiger partial charge is 0.459 e. The molecule has 3 heterocycles. The SMILES string of the molecule is O=C(Nc1ccc(Nc2cc(Nc3ccccn3)ncn2)cc1)c1ccco1. The number of rotatable bonds is 6. The van der Waals surface area contributed by atoms with Crippen LogP contribution >= 0.6 is 0 Å². The average Bonchev–Trinajstić information content (AvgIpc) is 3.26. The van der Waals surface area contributed by atoms with Gasteiger partial charge in [0.2, 0.25) is 0 Å². The van der Waals surface area contributed by atoms with Crippen LogP contribution < -0.4 is 16.0 Å². The Morgan fingerprint density at radius 3 is 2.29 bits per heavy atom. The standard InChI is InChI=1S/C20H16N6O2/c27-20(16-4-3-11-28-16)25-15-8-6-14(7-9-15)24-18-12-19(23-13-22-18)26-17-5-1-2-10-21-17/h1-13H,(H,25,27)(H2,21,22,23,24,26). The first-order chi connectivity index (χ1) is 13.8.